The van der Waals surface area contributed by atoms with E-state index in [-0.39, 0.29) is 0 Å². The Kier molecular flexibility index (Phi) is 4.41. The van der Waals surface area contributed by atoms with Gasteiger partial charge in [-0.05, 0) is 24.6 Å². The summed E-state index contributed by atoms with van der Waals surface area (Å²) in [5.74, 6) is -1.07. The molecule has 0 aliphatic heterocycles. The minimum Gasteiger partial charge on any atom is -0.480 e. The lowest BCUT2D eigenvalue weighted by atomic mass is 10.2. The van der Waals surface area contributed by atoms with Crippen LogP contribution in [0.1, 0.15) is 13.3 Å². The number of fused-ring (bicyclic) bond motifs is 1. The van der Waals surface area contributed by atoms with Crippen LogP contribution < -0.4 is 10.6 Å². The third-order valence-electron chi connectivity index (χ3n) is 2.58. The van der Waals surface area contributed by atoms with Gasteiger partial charge in [0.1, 0.15) is 6.04 Å². The molecule has 20 heavy (non-hydrogen) atoms. The van der Waals surface area contributed by atoms with Crippen LogP contribution in [0.4, 0.5) is 9.93 Å². The van der Waals surface area contributed by atoms with Crippen molar-refractivity contribution >= 4 is 50.3 Å². The smallest absolute Gasteiger partial charge is 0.326 e. The van der Waals surface area contributed by atoms with E-state index in [1.807, 2.05) is 0 Å². The van der Waals surface area contributed by atoms with Crippen molar-refractivity contribution < 1.29 is 14.7 Å². The largest absolute Gasteiger partial charge is 0.480 e. The van der Waals surface area contributed by atoms with Crippen molar-refractivity contribution in [1.82, 2.24) is 10.3 Å². The van der Waals surface area contributed by atoms with Gasteiger partial charge in [-0.3, -0.25) is 5.32 Å². The Hall–Kier alpha value is -1.86. The molecule has 0 saturated heterocycles. The highest BCUT2D eigenvalue weighted by molar-refractivity contribution is 7.22. The average Bonchev–Trinajstić information content (AvgIpc) is 2.76. The number of carbonyl (C=O) groups is 2. The van der Waals surface area contributed by atoms with Crippen molar-refractivity contribution in [3.63, 3.8) is 0 Å². The molecule has 0 bridgehead atoms. The summed E-state index contributed by atoms with van der Waals surface area (Å²) in [4.78, 5) is 26.7. The molecule has 0 fully saturated rings. The van der Waals surface area contributed by atoms with Gasteiger partial charge in [0.15, 0.2) is 5.13 Å². The fourth-order valence-electron chi connectivity index (χ4n) is 1.58. The molecule has 1 aromatic heterocycles. The Morgan fingerprint density at radius 1 is 1.50 bits per heavy atom. The number of hydrogen-bond donors (Lipinski definition) is 3. The topological polar surface area (TPSA) is 91.3 Å². The number of halogens is 1. The lowest BCUT2D eigenvalue weighted by Gasteiger charge is -2.11. The molecule has 0 spiro atoms. The number of carbonyl (C=O) groups excluding carboxylic acids is 1. The number of hydrogen-bond acceptors (Lipinski definition) is 4. The molecule has 1 atom stereocenters. The lowest BCUT2D eigenvalue weighted by molar-refractivity contribution is -0.139. The van der Waals surface area contributed by atoms with E-state index in [1.165, 1.54) is 11.3 Å². The van der Waals surface area contributed by atoms with E-state index >= 15 is 0 Å². The Morgan fingerprint density at radius 2 is 2.25 bits per heavy atom. The Balaban J connectivity index is 2.08. The highest BCUT2D eigenvalue weighted by Gasteiger charge is 2.18. The molecule has 2 rings (SSSR count). The number of rotatable bonds is 4. The van der Waals surface area contributed by atoms with E-state index in [1.54, 1.807) is 25.1 Å². The van der Waals surface area contributed by atoms with Crippen LogP contribution in [-0.4, -0.2) is 28.1 Å². The SMILES string of the molecule is CC[C@H](NC(=O)Nc1nc2ccc(Cl)cc2s1)C(=O)O. The van der Waals surface area contributed by atoms with Gasteiger partial charge in [0.25, 0.3) is 0 Å². The maximum absolute atomic E-state index is 11.7. The summed E-state index contributed by atoms with van der Waals surface area (Å²) < 4.78 is 0.845. The summed E-state index contributed by atoms with van der Waals surface area (Å²) >= 11 is 7.14. The van der Waals surface area contributed by atoms with E-state index in [4.69, 9.17) is 16.7 Å². The van der Waals surface area contributed by atoms with Crippen molar-refractivity contribution in [3.8, 4) is 0 Å². The van der Waals surface area contributed by atoms with Gasteiger partial charge >= 0.3 is 12.0 Å². The molecular weight excluding hydrogens is 302 g/mol. The van der Waals surface area contributed by atoms with Crippen LogP contribution in [0.2, 0.25) is 5.02 Å². The highest BCUT2D eigenvalue weighted by Crippen LogP contribution is 2.28. The minimum atomic E-state index is -1.07. The van der Waals surface area contributed by atoms with Gasteiger partial charge < -0.3 is 10.4 Å². The van der Waals surface area contributed by atoms with E-state index in [2.05, 4.69) is 15.6 Å². The molecule has 0 aliphatic rings. The fourth-order valence-corrected chi connectivity index (χ4v) is 2.72. The van der Waals surface area contributed by atoms with Crippen LogP contribution in [-0.2, 0) is 4.79 Å². The third-order valence-corrected chi connectivity index (χ3v) is 3.75. The molecule has 6 nitrogen and oxygen atoms in total. The van der Waals surface area contributed by atoms with Crippen molar-refractivity contribution in [2.75, 3.05) is 5.32 Å². The highest BCUT2D eigenvalue weighted by atomic mass is 35.5. The van der Waals surface area contributed by atoms with Crippen molar-refractivity contribution in [2.45, 2.75) is 19.4 Å². The molecule has 2 amide bonds. The molecule has 0 aliphatic carbocycles. The number of nitrogens with one attached hydrogen (secondary N) is 2. The first kappa shape index (κ1) is 14.5. The van der Waals surface area contributed by atoms with Crippen LogP contribution in [0.5, 0.6) is 0 Å². The van der Waals surface area contributed by atoms with E-state index in [0.717, 1.165) is 10.2 Å². The molecule has 3 N–H and O–H groups in total. The first-order valence-electron chi connectivity index (χ1n) is 5.86. The van der Waals surface area contributed by atoms with Crippen molar-refractivity contribution in [1.29, 1.82) is 0 Å². The van der Waals surface area contributed by atoms with Gasteiger partial charge in [-0.15, -0.1) is 0 Å². The fraction of sp³-hybridized carbons (Fsp3) is 0.250. The van der Waals surface area contributed by atoms with Crippen molar-refractivity contribution in [2.24, 2.45) is 0 Å². The van der Waals surface area contributed by atoms with Gasteiger partial charge in [0, 0.05) is 5.02 Å². The summed E-state index contributed by atoms with van der Waals surface area (Å²) in [6, 6.07) is 3.71. The monoisotopic (exact) mass is 313 g/mol. The number of carboxylic acid groups (broad SMARTS) is 1. The molecule has 1 heterocycles. The maximum Gasteiger partial charge on any atom is 0.326 e. The number of nitrogens with zero attached hydrogens (tertiary/aromatic N) is 1. The van der Waals surface area contributed by atoms with Gasteiger partial charge in [0.2, 0.25) is 0 Å². The number of aromatic nitrogens is 1. The predicted octanol–water partition coefficient (Wildman–Crippen LogP) is 2.93. The standard InChI is InChI=1S/C12H12ClN3O3S/c1-2-7(10(17)18)14-11(19)16-12-15-8-4-3-6(13)5-9(8)20-12/h3-5,7H,2H2,1H3,(H,17,18)(H2,14,15,16,19)/t7-/m0/s1. The zero-order chi connectivity index (χ0) is 14.7. The van der Waals surface area contributed by atoms with E-state index < -0.39 is 18.0 Å². The second-order valence-electron chi connectivity index (χ2n) is 4.03. The lowest BCUT2D eigenvalue weighted by Crippen LogP contribution is -2.42. The number of thiazole rings is 1. The maximum atomic E-state index is 11.7. The number of anilines is 1. The minimum absolute atomic E-state index is 0.304. The van der Waals surface area contributed by atoms with Crippen LogP contribution in [0.25, 0.3) is 10.2 Å². The first-order chi connectivity index (χ1) is 9.49. The van der Waals surface area contributed by atoms with E-state index in [9.17, 15) is 9.59 Å². The van der Waals surface area contributed by atoms with Crippen LogP contribution >= 0.6 is 22.9 Å². The molecule has 0 radical (unpaired) electrons. The molecule has 106 valence electrons. The molecule has 2 aromatic rings. The average molecular weight is 314 g/mol. The summed E-state index contributed by atoms with van der Waals surface area (Å²) in [6.07, 6.45) is 0.304. The number of amides is 2. The van der Waals surface area contributed by atoms with E-state index in [0.29, 0.717) is 16.6 Å². The molecular formula is C12H12ClN3O3S. The Labute approximate surface area is 123 Å². The molecule has 8 heteroatoms. The summed E-state index contributed by atoms with van der Waals surface area (Å²) in [6.45, 7) is 1.68. The predicted molar refractivity (Wildman–Crippen MR) is 78.5 cm³/mol. The number of aliphatic carboxylic acids is 1. The van der Waals surface area contributed by atoms with Gasteiger partial charge in [-0.25, -0.2) is 14.6 Å². The normalized spacial score (nSPS) is 12.1. The zero-order valence-corrected chi connectivity index (χ0v) is 12.1. The summed E-state index contributed by atoms with van der Waals surface area (Å²) in [7, 11) is 0. The summed E-state index contributed by atoms with van der Waals surface area (Å²) in [5.41, 5.74) is 0.722. The van der Waals surface area contributed by atoms with Crippen molar-refractivity contribution in [3.05, 3.63) is 23.2 Å². The molecule has 0 saturated carbocycles. The van der Waals surface area contributed by atoms with Gasteiger partial charge in [-0.2, -0.15) is 0 Å². The van der Waals surface area contributed by atoms with Gasteiger partial charge in [-0.1, -0.05) is 29.9 Å². The quantitative estimate of drug-likeness (QED) is 0.809. The Bertz CT molecular complexity index is 658. The second-order valence-corrected chi connectivity index (χ2v) is 5.50. The number of carboxylic acids is 1. The van der Waals surface area contributed by atoms with Crippen LogP contribution in [0, 0.1) is 0 Å². The summed E-state index contributed by atoms with van der Waals surface area (Å²) in [5, 5.41) is 14.7. The van der Waals surface area contributed by atoms with Crippen LogP contribution in [0.15, 0.2) is 18.2 Å². The second kappa shape index (κ2) is 6.06. The molecule has 1 aromatic carbocycles. The zero-order valence-electron chi connectivity index (χ0n) is 10.5. The first-order valence-corrected chi connectivity index (χ1v) is 7.05. The molecule has 0 unspecified atom stereocenters. The number of benzene rings is 1. The Morgan fingerprint density at radius 3 is 2.90 bits per heavy atom. The third kappa shape index (κ3) is 3.37. The number of urea groups is 1. The van der Waals surface area contributed by atoms with Gasteiger partial charge in [0.05, 0.1) is 10.2 Å². The van der Waals surface area contributed by atoms with Crippen LogP contribution in [0.3, 0.4) is 0 Å².